The molecule has 3 nitrogen and oxygen atoms in total. The molecule has 1 heterocycles. The summed E-state index contributed by atoms with van der Waals surface area (Å²) in [4.78, 5) is 12.7. The zero-order valence-electron chi connectivity index (χ0n) is 6.20. The molecule has 0 aromatic rings. The molecule has 0 N–H and O–H groups in total. The van der Waals surface area contributed by atoms with Crippen molar-refractivity contribution in [3.63, 3.8) is 0 Å². The second-order valence-corrected chi connectivity index (χ2v) is 2.50. The van der Waals surface area contributed by atoms with E-state index in [-0.39, 0.29) is 11.9 Å². The lowest BCUT2D eigenvalue weighted by molar-refractivity contribution is -0.115. The fourth-order valence-electron chi connectivity index (χ4n) is 0.542. The average molecular weight is 141 g/mol. The van der Waals surface area contributed by atoms with Crippen LogP contribution >= 0.6 is 0 Å². The predicted molar refractivity (Wildman–Crippen MR) is 37.6 cm³/mol. The third kappa shape index (κ3) is 2.19. The van der Waals surface area contributed by atoms with Crippen LogP contribution in [0.25, 0.3) is 0 Å². The first-order chi connectivity index (χ1) is 4.70. The van der Waals surface area contributed by atoms with E-state index in [0.29, 0.717) is 6.61 Å². The molecule has 56 valence electrons. The second kappa shape index (κ2) is 2.84. The third-order valence-electron chi connectivity index (χ3n) is 1.19. The van der Waals surface area contributed by atoms with Crippen molar-refractivity contribution in [1.82, 2.24) is 4.90 Å². The van der Waals surface area contributed by atoms with Crippen LogP contribution in [-0.2, 0) is 9.53 Å². The second-order valence-electron chi connectivity index (χ2n) is 2.50. The van der Waals surface area contributed by atoms with Crippen molar-refractivity contribution >= 4 is 5.78 Å². The summed E-state index contributed by atoms with van der Waals surface area (Å²) in [5, 5.41) is 0. The van der Waals surface area contributed by atoms with E-state index >= 15 is 0 Å². The maximum atomic E-state index is 10.9. The average Bonchev–Trinajstić information content (AvgIpc) is 2.63. The topological polar surface area (TPSA) is 32.8 Å². The van der Waals surface area contributed by atoms with Gasteiger partial charge in [0.05, 0.1) is 6.61 Å². The Morgan fingerprint density at radius 1 is 1.70 bits per heavy atom. The first-order valence-corrected chi connectivity index (χ1v) is 3.20. The molecule has 1 aliphatic rings. The Balaban J connectivity index is 2.29. The number of hydrogen-bond donors (Lipinski definition) is 0. The molecular formula is C7H11NO2. The van der Waals surface area contributed by atoms with Crippen molar-refractivity contribution in [2.45, 2.75) is 6.10 Å². The van der Waals surface area contributed by atoms with Crippen LogP contribution in [0.1, 0.15) is 0 Å². The number of rotatable bonds is 3. The van der Waals surface area contributed by atoms with E-state index in [9.17, 15) is 4.79 Å². The van der Waals surface area contributed by atoms with Gasteiger partial charge in [0.2, 0.25) is 0 Å². The molecule has 3 heteroatoms. The number of nitrogens with zero attached hydrogens (tertiary/aromatic N) is 1. The molecule has 10 heavy (non-hydrogen) atoms. The molecule has 0 bridgehead atoms. The molecule has 0 aliphatic carbocycles. The Hall–Kier alpha value is -0.830. The minimum absolute atomic E-state index is 0.0636. The summed E-state index contributed by atoms with van der Waals surface area (Å²) >= 11 is 0. The highest BCUT2D eigenvalue weighted by Gasteiger charge is 2.28. The van der Waals surface area contributed by atoms with E-state index in [2.05, 4.69) is 0 Å². The summed E-state index contributed by atoms with van der Waals surface area (Å²) in [6, 6.07) is 0. The van der Waals surface area contributed by atoms with E-state index in [0.717, 1.165) is 0 Å². The smallest absolute Gasteiger partial charge is 0.188 e. The first kappa shape index (κ1) is 7.28. The van der Waals surface area contributed by atoms with E-state index in [1.165, 1.54) is 6.08 Å². The summed E-state index contributed by atoms with van der Waals surface area (Å²) in [6.45, 7) is 0.594. The molecule has 0 amide bonds. The molecule has 0 aromatic heterocycles. The van der Waals surface area contributed by atoms with Gasteiger partial charge in [0.15, 0.2) is 5.78 Å². The fourth-order valence-corrected chi connectivity index (χ4v) is 0.542. The summed E-state index contributed by atoms with van der Waals surface area (Å²) in [7, 11) is 3.75. The quantitative estimate of drug-likeness (QED) is 0.410. The van der Waals surface area contributed by atoms with E-state index in [1.807, 2.05) is 19.0 Å². The van der Waals surface area contributed by atoms with Crippen LogP contribution < -0.4 is 0 Å². The van der Waals surface area contributed by atoms with Crippen LogP contribution in [0.3, 0.4) is 0 Å². The van der Waals surface area contributed by atoms with Crippen molar-refractivity contribution in [2.75, 3.05) is 20.7 Å². The summed E-state index contributed by atoms with van der Waals surface area (Å²) in [5.41, 5.74) is 0. The van der Waals surface area contributed by atoms with Crippen LogP contribution in [0.5, 0.6) is 0 Å². The van der Waals surface area contributed by atoms with E-state index < -0.39 is 0 Å². The van der Waals surface area contributed by atoms with Gasteiger partial charge in [0.1, 0.15) is 6.10 Å². The van der Waals surface area contributed by atoms with Crippen LogP contribution in [0.15, 0.2) is 12.3 Å². The monoisotopic (exact) mass is 141 g/mol. The van der Waals surface area contributed by atoms with Crippen molar-refractivity contribution < 1.29 is 9.53 Å². The Bertz CT molecular complexity index is 159. The first-order valence-electron chi connectivity index (χ1n) is 3.20. The van der Waals surface area contributed by atoms with Gasteiger partial charge >= 0.3 is 0 Å². The molecular weight excluding hydrogens is 130 g/mol. The molecule has 0 radical (unpaired) electrons. The normalized spacial score (nSPS) is 23.2. The van der Waals surface area contributed by atoms with Gasteiger partial charge in [-0.3, -0.25) is 4.79 Å². The molecule has 0 spiro atoms. The fraction of sp³-hybridized carbons (Fsp3) is 0.571. The van der Waals surface area contributed by atoms with Gasteiger partial charge in [-0.25, -0.2) is 0 Å². The number of carbonyl (C=O) groups is 1. The minimum Gasteiger partial charge on any atom is -0.383 e. The Morgan fingerprint density at radius 3 is 2.70 bits per heavy atom. The Morgan fingerprint density at radius 2 is 2.30 bits per heavy atom. The molecule has 1 saturated heterocycles. The molecule has 0 saturated carbocycles. The van der Waals surface area contributed by atoms with Gasteiger partial charge in [0.25, 0.3) is 0 Å². The molecule has 0 aromatic carbocycles. The van der Waals surface area contributed by atoms with Gasteiger partial charge in [-0.15, -0.1) is 0 Å². The van der Waals surface area contributed by atoms with Crippen LogP contribution in [0.4, 0.5) is 0 Å². The molecule has 1 rings (SSSR count). The third-order valence-corrected chi connectivity index (χ3v) is 1.19. The number of ketones is 1. The molecule has 1 unspecified atom stereocenters. The summed E-state index contributed by atoms with van der Waals surface area (Å²) in [5.74, 6) is 0.0636. The van der Waals surface area contributed by atoms with Gasteiger partial charge in [-0.2, -0.15) is 0 Å². The zero-order chi connectivity index (χ0) is 7.56. The SMILES string of the molecule is CN(C)/C=C/C(=O)C1CO1. The molecule has 1 aliphatic heterocycles. The minimum atomic E-state index is -0.142. The summed E-state index contributed by atoms with van der Waals surface area (Å²) < 4.78 is 4.78. The van der Waals surface area contributed by atoms with Crippen LogP contribution in [0.2, 0.25) is 0 Å². The zero-order valence-corrected chi connectivity index (χ0v) is 6.20. The number of carbonyl (C=O) groups excluding carboxylic acids is 1. The highest BCUT2D eigenvalue weighted by Crippen LogP contribution is 2.09. The number of epoxide rings is 1. The van der Waals surface area contributed by atoms with E-state index in [1.54, 1.807) is 6.20 Å². The summed E-state index contributed by atoms with van der Waals surface area (Å²) in [6.07, 6.45) is 3.12. The highest BCUT2D eigenvalue weighted by molar-refractivity contribution is 5.94. The lowest BCUT2D eigenvalue weighted by Gasteiger charge is -2.01. The van der Waals surface area contributed by atoms with Crippen LogP contribution in [0, 0.1) is 0 Å². The van der Waals surface area contributed by atoms with Crippen molar-refractivity contribution in [1.29, 1.82) is 0 Å². The lowest BCUT2D eigenvalue weighted by Crippen LogP contribution is -2.06. The van der Waals surface area contributed by atoms with E-state index in [4.69, 9.17) is 4.74 Å². The van der Waals surface area contributed by atoms with Gasteiger partial charge in [-0.05, 0) is 6.08 Å². The van der Waals surface area contributed by atoms with Crippen molar-refractivity contribution in [3.05, 3.63) is 12.3 Å². The standard InChI is InChI=1S/C7H11NO2/c1-8(2)4-3-6(9)7-5-10-7/h3-4,7H,5H2,1-2H3/b4-3+. The Kier molecular flexibility index (Phi) is 2.06. The van der Waals surface area contributed by atoms with Crippen molar-refractivity contribution in [2.24, 2.45) is 0 Å². The van der Waals surface area contributed by atoms with Crippen molar-refractivity contribution in [3.8, 4) is 0 Å². The molecule has 1 fully saturated rings. The molecule has 1 atom stereocenters. The largest absolute Gasteiger partial charge is 0.383 e. The lowest BCUT2D eigenvalue weighted by atomic mass is 10.3. The van der Waals surface area contributed by atoms with Gasteiger partial charge in [0, 0.05) is 20.3 Å². The maximum absolute atomic E-state index is 10.9. The van der Waals surface area contributed by atoms with Crippen LogP contribution in [-0.4, -0.2) is 37.5 Å². The number of hydrogen-bond acceptors (Lipinski definition) is 3. The predicted octanol–water partition coefficient (Wildman–Crippen LogP) is 0.0296. The number of ether oxygens (including phenoxy) is 1. The Labute approximate surface area is 60.3 Å². The maximum Gasteiger partial charge on any atom is 0.188 e. The highest BCUT2D eigenvalue weighted by atomic mass is 16.6. The van der Waals surface area contributed by atoms with Gasteiger partial charge in [-0.1, -0.05) is 0 Å². The van der Waals surface area contributed by atoms with Gasteiger partial charge < -0.3 is 9.64 Å².